The molecule has 1 aliphatic rings. The lowest BCUT2D eigenvalue weighted by Crippen LogP contribution is -2.40. The van der Waals surface area contributed by atoms with Gasteiger partial charge in [0.1, 0.15) is 6.33 Å². The number of anilines is 2. The molecule has 9 heteroatoms. The van der Waals surface area contributed by atoms with Crippen molar-refractivity contribution in [3.63, 3.8) is 0 Å². The summed E-state index contributed by atoms with van der Waals surface area (Å²) in [4.78, 5) is 25.9. The first kappa shape index (κ1) is 18.1. The Bertz CT molecular complexity index is 720. The van der Waals surface area contributed by atoms with Gasteiger partial charge < -0.3 is 14.8 Å². The molecule has 2 aromatic heterocycles. The minimum Gasteiger partial charge on any atom is -0.364 e. The Hall–Kier alpha value is -2.71. The van der Waals surface area contributed by atoms with Gasteiger partial charge in [-0.1, -0.05) is 6.92 Å². The molecule has 3 heterocycles. The second-order valence-corrected chi connectivity index (χ2v) is 6.48. The highest BCUT2D eigenvalue weighted by Crippen LogP contribution is 2.35. The summed E-state index contributed by atoms with van der Waals surface area (Å²) in [5.74, 6) is 0.736. The maximum absolute atomic E-state index is 11.7. The quantitative estimate of drug-likeness (QED) is 0.439. The minimum absolute atomic E-state index is 0.0181. The summed E-state index contributed by atoms with van der Waals surface area (Å²) in [6.45, 7) is 4.30. The second-order valence-electron chi connectivity index (χ2n) is 6.48. The minimum atomic E-state index is -0.366. The van der Waals surface area contributed by atoms with Crippen molar-refractivity contribution in [1.29, 1.82) is 0 Å². The second kappa shape index (κ2) is 8.59. The van der Waals surface area contributed by atoms with Crippen molar-refractivity contribution in [1.82, 2.24) is 19.5 Å². The van der Waals surface area contributed by atoms with Crippen molar-refractivity contribution in [2.45, 2.75) is 51.6 Å². The van der Waals surface area contributed by atoms with Crippen LogP contribution in [0.4, 0.5) is 17.3 Å². The Morgan fingerprint density at radius 2 is 2.27 bits per heavy atom. The molecule has 1 N–H and O–H groups in total. The van der Waals surface area contributed by atoms with Crippen molar-refractivity contribution >= 4 is 17.3 Å². The van der Waals surface area contributed by atoms with Gasteiger partial charge in [-0.05, 0) is 32.1 Å². The van der Waals surface area contributed by atoms with E-state index in [0.29, 0.717) is 24.2 Å². The zero-order valence-corrected chi connectivity index (χ0v) is 15.0. The first-order valence-electron chi connectivity index (χ1n) is 9.16. The third kappa shape index (κ3) is 4.09. The third-order valence-electron chi connectivity index (χ3n) is 4.80. The predicted octanol–water partition coefficient (Wildman–Crippen LogP) is 2.85. The largest absolute Gasteiger partial charge is 0.364 e. The number of nitrogens with zero attached hydrogens (tertiary/aromatic N) is 6. The molecule has 0 amide bonds. The van der Waals surface area contributed by atoms with E-state index in [9.17, 15) is 10.1 Å². The Labute approximate surface area is 152 Å². The maximum Gasteiger partial charge on any atom is 0.353 e. The first-order valence-corrected chi connectivity index (χ1v) is 9.16. The molecule has 0 radical (unpaired) electrons. The van der Waals surface area contributed by atoms with Gasteiger partial charge in [-0.2, -0.15) is 0 Å². The van der Waals surface area contributed by atoms with Crippen LogP contribution in [0.5, 0.6) is 0 Å². The summed E-state index contributed by atoms with van der Waals surface area (Å²) < 4.78 is 1.97. The lowest BCUT2D eigenvalue weighted by atomic mass is 10.00. The number of piperidine rings is 1. The molecule has 0 saturated carbocycles. The van der Waals surface area contributed by atoms with E-state index >= 15 is 0 Å². The molecule has 1 unspecified atom stereocenters. The van der Waals surface area contributed by atoms with Crippen molar-refractivity contribution in [3.05, 3.63) is 35.2 Å². The molecule has 1 aliphatic heterocycles. The molecule has 140 valence electrons. The van der Waals surface area contributed by atoms with Gasteiger partial charge in [0, 0.05) is 38.1 Å². The van der Waals surface area contributed by atoms with Gasteiger partial charge in [0.25, 0.3) is 0 Å². The lowest BCUT2D eigenvalue weighted by Gasteiger charge is -2.35. The third-order valence-corrected chi connectivity index (χ3v) is 4.80. The standard InChI is InChI=1S/C17H25N7O2/c1-2-14-6-3-4-10-23(14)17-15(24(25)26)16(20-12-21-17)19-7-5-9-22-11-8-18-13-22/h8,11-14H,2-7,9-10H2,1H3,(H,19,20,21). The number of nitrogens with one attached hydrogen (secondary N) is 1. The van der Waals surface area contributed by atoms with Crippen LogP contribution in [-0.2, 0) is 6.54 Å². The molecule has 2 aromatic rings. The van der Waals surface area contributed by atoms with Crippen LogP contribution >= 0.6 is 0 Å². The zero-order chi connectivity index (χ0) is 18.4. The van der Waals surface area contributed by atoms with Gasteiger partial charge >= 0.3 is 5.69 Å². The molecular weight excluding hydrogens is 334 g/mol. The highest BCUT2D eigenvalue weighted by Gasteiger charge is 2.31. The van der Waals surface area contributed by atoms with Crippen LogP contribution < -0.4 is 10.2 Å². The topological polar surface area (TPSA) is 102 Å². The van der Waals surface area contributed by atoms with E-state index in [1.54, 1.807) is 12.5 Å². The number of imidazole rings is 1. The molecule has 1 fully saturated rings. The zero-order valence-electron chi connectivity index (χ0n) is 15.0. The number of hydrogen-bond acceptors (Lipinski definition) is 7. The van der Waals surface area contributed by atoms with Gasteiger partial charge in [0.15, 0.2) is 0 Å². The molecule has 9 nitrogen and oxygen atoms in total. The van der Waals surface area contributed by atoms with Crippen LogP contribution in [0.25, 0.3) is 0 Å². The molecule has 0 aliphatic carbocycles. The number of rotatable bonds is 8. The molecule has 1 saturated heterocycles. The number of aryl methyl sites for hydroxylation is 1. The summed E-state index contributed by atoms with van der Waals surface area (Å²) in [5, 5.41) is 14.9. The summed E-state index contributed by atoms with van der Waals surface area (Å²) in [7, 11) is 0. The van der Waals surface area contributed by atoms with Crippen molar-refractivity contribution < 1.29 is 4.92 Å². The van der Waals surface area contributed by atoms with Gasteiger partial charge in [-0.3, -0.25) is 10.1 Å². The Kier molecular flexibility index (Phi) is 5.98. The number of aromatic nitrogens is 4. The van der Waals surface area contributed by atoms with Gasteiger partial charge in [-0.15, -0.1) is 0 Å². The highest BCUT2D eigenvalue weighted by molar-refractivity contribution is 5.70. The fraction of sp³-hybridized carbons (Fsp3) is 0.588. The molecule has 0 aromatic carbocycles. The summed E-state index contributed by atoms with van der Waals surface area (Å²) in [5.41, 5.74) is -0.0181. The Morgan fingerprint density at radius 3 is 3.00 bits per heavy atom. The first-order chi connectivity index (χ1) is 12.7. The molecule has 26 heavy (non-hydrogen) atoms. The maximum atomic E-state index is 11.7. The average Bonchev–Trinajstić information content (AvgIpc) is 3.18. The van der Waals surface area contributed by atoms with E-state index in [1.165, 1.54) is 6.33 Å². The van der Waals surface area contributed by atoms with Crippen LogP contribution in [0.1, 0.15) is 39.0 Å². The highest BCUT2D eigenvalue weighted by atomic mass is 16.6. The molecule has 0 spiro atoms. The average molecular weight is 359 g/mol. The normalized spacial score (nSPS) is 17.3. The summed E-state index contributed by atoms with van der Waals surface area (Å²) >= 11 is 0. The summed E-state index contributed by atoms with van der Waals surface area (Å²) in [6.07, 6.45) is 11.8. The lowest BCUT2D eigenvalue weighted by molar-refractivity contribution is -0.383. The van der Waals surface area contributed by atoms with Crippen LogP contribution in [-0.4, -0.2) is 43.6 Å². The molecule has 3 rings (SSSR count). The van der Waals surface area contributed by atoms with E-state index in [-0.39, 0.29) is 10.6 Å². The fourth-order valence-electron chi connectivity index (χ4n) is 3.47. The van der Waals surface area contributed by atoms with Crippen LogP contribution in [0, 0.1) is 10.1 Å². The SMILES string of the molecule is CCC1CCCCN1c1ncnc(NCCCn2ccnc2)c1[N+](=O)[O-]. The van der Waals surface area contributed by atoms with Gasteiger partial charge in [-0.25, -0.2) is 15.0 Å². The molecule has 1 atom stereocenters. The number of nitro groups is 1. The van der Waals surface area contributed by atoms with E-state index < -0.39 is 0 Å². The Balaban J connectivity index is 1.74. The molecular formula is C17H25N7O2. The monoisotopic (exact) mass is 359 g/mol. The van der Waals surface area contributed by atoms with E-state index in [4.69, 9.17) is 0 Å². The Morgan fingerprint density at radius 1 is 1.38 bits per heavy atom. The number of hydrogen-bond donors (Lipinski definition) is 1. The van der Waals surface area contributed by atoms with Crippen molar-refractivity contribution in [2.75, 3.05) is 23.3 Å². The van der Waals surface area contributed by atoms with Crippen molar-refractivity contribution in [2.24, 2.45) is 0 Å². The van der Waals surface area contributed by atoms with Gasteiger partial charge in [0.05, 0.1) is 11.3 Å². The molecule has 0 bridgehead atoms. The summed E-state index contributed by atoms with van der Waals surface area (Å²) in [6, 6.07) is 0.298. The van der Waals surface area contributed by atoms with Crippen LogP contribution in [0.2, 0.25) is 0 Å². The van der Waals surface area contributed by atoms with Crippen molar-refractivity contribution in [3.8, 4) is 0 Å². The van der Waals surface area contributed by atoms with E-state index in [2.05, 4.69) is 32.1 Å². The van der Waals surface area contributed by atoms with E-state index in [0.717, 1.165) is 45.2 Å². The van der Waals surface area contributed by atoms with Gasteiger partial charge in [0.2, 0.25) is 11.6 Å². The fourth-order valence-corrected chi connectivity index (χ4v) is 3.47. The van der Waals surface area contributed by atoms with Crippen LogP contribution in [0.3, 0.4) is 0 Å². The van der Waals surface area contributed by atoms with Crippen LogP contribution in [0.15, 0.2) is 25.0 Å². The van der Waals surface area contributed by atoms with E-state index in [1.807, 2.05) is 10.8 Å². The predicted molar refractivity (Wildman–Crippen MR) is 99.3 cm³/mol. The smallest absolute Gasteiger partial charge is 0.353 e.